The molecule has 0 bridgehead atoms. The van der Waals surface area contributed by atoms with E-state index in [0.717, 1.165) is 0 Å². The molecular formula is C44H32. The van der Waals surface area contributed by atoms with Gasteiger partial charge in [-0.05, 0) is 117 Å². The number of benzene rings is 6. The highest BCUT2D eigenvalue weighted by Crippen LogP contribution is 2.65. The van der Waals surface area contributed by atoms with Crippen LogP contribution in [0.4, 0.5) is 0 Å². The number of fused-ring (bicyclic) bond motifs is 10. The number of hydrogen-bond donors (Lipinski definition) is 0. The molecule has 6 aromatic rings. The lowest BCUT2D eigenvalue weighted by Gasteiger charge is -2.36. The minimum atomic E-state index is -0.0808. The Balaban J connectivity index is 1.20. The van der Waals surface area contributed by atoms with Crippen LogP contribution in [-0.2, 0) is 10.8 Å². The predicted octanol–water partition coefficient (Wildman–Crippen LogP) is 11.2. The van der Waals surface area contributed by atoms with Crippen LogP contribution in [0.2, 0.25) is 0 Å². The fourth-order valence-electron chi connectivity index (χ4n) is 10.3. The van der Waals surface area contributed by atoms with E-state index < -0.39 is 0 Å². The van der Waals surface area contributed by atoms with Crippen LogP contribution >= 0.6 is 0 Å². The van der Waals surface area contributed by atoms with Gasteiger partial charge in [-0.2, -0.15) is 0 Å². The monoisotopic (exact) mass is 560 g/mol. The Morgan fingerprint density at radius 1 is 0.591 bits per heavy atom. The van der Waals surface area contributed by atoms with Gasteiger partial charge >= 0.3 is 0 Å². The third-order valence-corrected chi connectivity index (χ3v) is 12.2. The van der Waals surface area contributed by atoms with Crippen molar-refractivity contribution in [2.45, 2.75) is 44.4 Å². The van der Waals surface area contributed by atoms with Crippen molar-refractivity contribution in [1.82, 2.24) is 0 Å². The van der Waals surface area contributed by atoms with Crippen molar-refractivity contribution in [3.05, 3.63) is 154 Å². The molecule has 0 amide bonds. The third kappa shape index (κ3) is 2.50. The predicted molar refractivity (Wildman–Crippen MR) is 186 cm³/mol. The molecule has 0 saturated heterocycles. The van der Waals surface area contributed by atoms with Gasteiger partial charge in [-0.25, -0.2) is 0 Å². The zero-order valence-electron chi connectivity index (χ0n) is 25.5. The van der Waals surface area contributed by atoms with Crippen molar-refractivity contribution in [2.24, 2.45) is 5.92 Å². The first kappa shape index (κ1) is 23.7. The summed E-state index contributed by atoms with van der Waals surface area (Å²) in [6.45, 7) is 9.88. The van der Waals surface area contributed by atoms with Gasteiger partial charge in [-0.3, -0.25) is 0 Å². The van der Waals surface area contributed by atoms with Gasteiger partial charge < -0.3 is 0 Å². The van der Waals surface area contributed by atoms with Gasteiger partial charge in [0.25, 0.3) is 0 Å². The molecule has 0 fully saturated rings. The van der Waals surface area contributed by atoms with E-state index in [2.05, 4.69) is 137 Å². The van der Waals surface area contributed by atoms with Gasteiger partial charge in [0.1, 0.15) is 0 Å². The first-order valence-electron chi connectivity index (χ1n) is 16.2. The number of rotatable bonds is 0. The van der Waals surface area contributed by atoms with Crippen LogP contribution in [0.1, 0.15) is 67.0 Å². The molecule has 5 aliphatic rings. The molecule has 0 spiro atoms. The first-order valence-corrected chi connectivity index (χ1v) is 16.2. The molecule has 2 atom stereocenters. The average molecular weight is 561 g/mol. The van der Waals surface area contributed by atoms with Crippen LogP contribution in [0.25, 0.3) is 54.6 Å². The molecule has 0 aliphatic heterocycles. The van der Waals surface area contributed by atoms with Gasteiger partial charge in [-0.15, -0.1) is 0 Å². The zero-order valence-corrected chi connectivity index (χ0v) is 25.5. The Hall–Kier alpha value is -4.68. The largest absolute Gasteiger partial charge is 0.0619 e. The van der Waals surface area contributed by atoms with Crippen molar-refractivity contribution < 1.29 is 0 Å². The van der Waals surface area contributed by atoms with E-state index >= 15 is 0 Å². The second-order valence-electron chi connectivity index (χ2n) is 14.8. The highest BCUT2D eigenvalue weighted by Gasteiger charge is 2.52. The maximum atomic E-state index is 2.61. The van der Waals surface area contributed by atoms with E-state index in [1.54, 1.807) is 5.57 Å². The number of allylic oxidation sites excluding steroid dienone is 8. The van der Waals surface area contributed by atoms with E-state index in [4.69, 9.17) is 0 Å². The molecule has 208 valence electrons. The molecule has 6 aromatic carbocycles. The van der Waals surface area contributed by atoms with Crippen LogP contribution in [0.5, 0.6) is 0 Å². The fraction of sp³-hybridized carbons (Fsp3) is 0.182. The summed E-state index contributed by atoms with van der Waals surface area (Å²) >= 11 is 0. The molecule has 44 heavy (non-hydrogen) atoms. The van der Waals surface area contributed by atoms with E-state index in [1.807, 2.05) is 0 Å². The fourth-order valence-corrected chi connectivity index (χ4v) is 10.3. The molecule has 0 aromatic heterocycles. The van der Waals surface area contributed by atoms with Crippen LogP contribution < -0.4 is 0 Å². The second kappa shape index (κ2) is 7.33. The Kier molecular flexibility index (Phi) is 3.96. The van der Waals surface area contributed by atoms with E-state index in [1.165, 1.54) is 93.5 Å². The highest BCUT2D eigenvalue weighted by molar-refractivity contribution is 6.26. The molecule has 0 heterocycles. The van der Waals surface area contributed by atoms with E-state index in [9.17, 15) is 0 Å². The van der Waals surface area contributed by atoms with Gasteiger partial charge in [0.15, 0.2) is 0 Å². The summed E-state index contributed by atoms with van der Waals surface area (Å²) in [6.07, 6.45) is 9.56. The van der Waals surface area contributed by atoms with Crippen LogP contribution in [0, 0.1) is 5.92 Å². The summed E-state index contributed by atoms with van der Waals surface area (Å²) in [6, 6.07) is 33.0. The Morgan fingerprint density at radius 3 is 2.20 bits per heavy atom. The SMILES string of the molecule is CC1(C)C2=C(C=C3C=CC=C4c5ccccc5C2C34)c2cc3c(cc21)-c1c(cc2ccc4cccc5ccc1c2c45)C3(C)C. The molecule has 0 N–H and O–H groups in total. The second-order valence-corrected chi connectivity index (χ2v) is 14.8. The summed E-state index contributed by atoms with van der Waals surface area (Å²) in [5.74, 6) is 0.824. The molecule has 0 radical (unpaired) electrons. The van der Waals surface area contributed by atoms with Crippen molar-refractivity contribution in [3.8, 4) is 11.1 Å². The minimum Gasteiger partial charge on any atom is -0.0619 e. The molecule has 2 unspecified atom stereocenters. The third-order valence-electron chi connectivity index (χ3n) is 12.2. The lowest BCUT2D eigenvalue weighted by molar-refractivity contribution is 0.543. The molecule has 11 rings (SSSR count). The Labute approximate surface area is 258 Å². The number of hydrogen-bond acceptors (Lipinski definition) is 0. The topological polar surface area (TPSA) is 0 Å². The Bertz CT molecular complexity index is 2470. The lowest BCUT2D eigenvalue weighted by atomic mass is 9.66. The average Bonchev–Trinajstić information content (AvgIpc) is 3.57. The van der Waals surface area contributed by atoms with E-state index in [-0.39, 0.29) is 10.8 Å². The van der Waals surface area contributed by atoms with Crippen LogP contribution in [-0.4, -0.2) is 0 Å². The molecular weight excluding hydrogens is 528 g/mol. The van der Waals surface area contributed by atoms with Gasteiger partial charge in [0, 0.05) is 22.7 Å². The first-order chi connectivity index (χ1) is 21.3. The summed E-state index contributed by atoms with van der Waals surface area (Å²) in [5.41, 5.74) is 17.6. The molecule has 0 heteroatoms. The minimum absolute atomic E-state index is 0.0627. The summed E-state index contributed by atoms with van der Waals surface area (Å²) in [7, 11) is 0. The lowest BCUT2D eigenvalue weighted by Crippen LogP contribution is -2.27. The van der Waals surface area contributed by atoms with Crippen LogP contribution in [0.3, 0.4) is 0 Å². The normalized spacial score (nSPS) is 22.5. The van der Waals surface area contributed by atoms with Crippen LogP contribution in [0.15, 0.2) is 120 Å². The van der Waals surface area contributed by atoms with Gasteiger partial charge in [0.2, 0.25) is 0 Å². The maximum absolute atomic E-state index is 2.61. The van der Waals surface area contributed by atoms with Crippen molar-refractivity contribution >= 4 is 43.5 Å². The molecule has 5 aliphatic carbocycles. The summed E-state index contributed by atoms with van der Waals surface area (Å²) in [4.78, 5) is 0. The smallest absolute Gasteiger partial charge is 0.0203 e. The van der Waals surface area contributed by atoms with Crippen molar-refractivity contribution in [1.29, 1.82) is 0 Å². The maximum Gasteiger partial charge on any atom is 0.0203 e. The van der Waals surface area contributed by atoms with E-state index in [0.29, 0.717) is 11.8 Å². The Morgan fingerprint density at radius 2 is 1.34 bits per heavy atom. The highest BCUT2D eigenvalue weighted by atomic mass is 14.5. The molecule has 0 nitrogen and oxygen atoms in total. The van der Waals surface area contributed by atoms with Gasteiger partial charge in [-0.1, -0.05) is 119 Å². The van der Waals surface area contributed by atoms with Crippen molar-refractivity contribution in [3.63, 3.8) is 0 Å². The van der Waals surface area contributed by atoms with Crippen molar-refractivity contribution in [2.75, 3.05) is 0 Å². The zero-order chi connectivity index (χ0) is 29.3. The quantitative estimate of drug-likeness (QED) is 0.162. The summed E-state index contributed by atoms with van der Waals surface area (Å²) in [5, 5.41) is 8.25. The summed E-state index contributed by atoms with van der Waals surface area (Å²) < 4.78 is 0. The molecule has 0 saturated carbocycles. The van der Waals surface area contributed by atoms with Gasteiger partial charge in [0.05, 0.1) is 0 Å². The standard InChI is InChI=1S/C44H32/c1-43(2)35-21-31-32-19-25-11-8-14-28-27-12-5-6-13-29(27)41(38(25)28)42(32)44(3,4)34(31)22-33(35)40-30-18-17-24-10-7-9-23-15-16-26(20-36(40)43)39(30)37(23)24/h5-22,38,41H,1-4H3.